The SMILES string of the molecule is COc1ccc(Cc2noc(CCC(C)=O)n2)cc1OC. The van der Waals surface area contributed by atoms with Crippen LogP contribution in [0.2, 0.25) is 0 Å². The summed E-state index contributed by atoms with van der Waals surface area (Å²) in [4.78, 5) is 15.2. The van der Waals surface area contributed by atoms with Gasteiger partial charge in [0.2, 0.25) is 5.89 Å². The van der Waals surface area contributed by atoms with Crippen LogP contribution in [0.1, 0.15) is 30.6 Å². The minimum absolute atomic E-state index is 0.106. The minimum Gasteiger partial charge on any atom is -0.493 e. The van der Waals surface area contributed by atoms with Crippen molar-refractivity contribution in [2.75, 3.05) is 14.2 Å². The zero-order chi connectivity index (χ0) is 15.2. The molecule has 2 rings (SSSR count). The van der Waals surface area contributed by atoms with Crippen LogP contribution in [0.15, 0.2) is 22.7 Å². The first kappa shape index (κ1) is 15.0. The third-order valence-electron chi connectivity index (χ3n) is 3.01. The molecule has 0 saturated heterocycles. The number of carbonyl (C=O) groups excluding carboxylic acids is 1. The number of rotatable bonds is 7. The van der Waals surface area contributed by atoms with Gasteiger partial charge < -0.3 is 18.8 Å². The number of ether oxygens (including phenoxy) is 2. The van der Waals surface area contributed by atoms with Crippen LogP contribution in [0.3, 0.4) is 0 Å². The van der Waals surface area contributed by atoms with Crippen molar-refractivity contribution in [3.63, 3.8) is 0 Å². The van der Waals surface area contributed by atoms with Crippen molar-refractivity contribution in [1.29, 1.82) is 0 Å². The highest BCUT2D eigenvalue weighted by molar-refractivity contribution is 5.75. The third-order valence-corrected chi connectivity index (χ3v) is 3.01. The Kier molecular flexibility index (Phi) is 4.92. The Hall–Kier alpha value is -2.37. The minimum atomic E-state index is 0.106. The van der Waals surface area contributed by atoms with Crippen LogP contribution in [0.25, 0.3) is 0 Å². The molecule has 1 aromatic heterocycles. The standard InChI is InChI=1S/C15H18N2O4/c1-10(18)4-7-15-16-14(17-21-15)9-11-5-6-12(19-2)13(8-11)20-3/h5-6,8H,4,7,9H2,1-3H3. The Balaban J connectivity index is 2.06. The van der Waals surface area contributed by atoms with E-state index < -0.39 is 0 Å². The number of benzene rings is 1. The number of aryl methyl sites for hydroxylation is 1. The van der Waals surface area contributed by atoms with E-state index in [9.17, 15) is 4.79 Å². The fourth-order valence-electron chi connectivity index (χ4n) is 1.92. The molecule has 0 fully saturated rings. The molecule has 6 nitrogen and oxygen atoms in total. The molecule has 0 amide bonds. The molecule has 0 saturated carbocycles. The normalized spacial score (nSPS) is 10.4. The van der Waals surface area contributed by atoms with E-state index in [-0.39, 0.29) is 5.78 Å². The Bertz CT molecular complexity index is 622. The van der Waals surface area contributed by atoms with Gasteiger partial charge in [0.05, 0.1) is 14.2 Å². The maximum atomic E-state index is 10.9. The molecule has 112 valence electrons. The number of hydrogen-bond acceptors (Lipinski definition) is 6. The molecular formula is C15H18N2O4. The summed E-state index contributed by atoms with van der Waals surface area (Å²) in [6.07, 6.45) is 1.43. The predicted molar refractivity (Wildman–Crippen MR) is 75.7 cm³/mol. The molecule has 0 radical (unpaired) electrons. The Labute approximate surface area is 123 Å². The number of nitrogens with zero attached hydrogens (tertiary/aromatic N) is 2. The molecule has 21 heavy (non-hydrogen) atoms. The first-order valence-electron chi connectivity index (χ1n) is 6.64. The van der Waals surface area contributed by atoms with E-state index in [2.05, 4.69) is 10.1 Å². The fraction of sp³-hybridized carbons (Fsp3) is 0.400. The highest BCUT2D eigenvalue weighted by Gasteiger charge is 2.10. The predicted octanol–water partition coefficient (Wildman–Crippen LogP) is 2.20. The van der Waals surface area contributed by atoms with Crippen molar-refractivity contribution in [2.24, 2.45) is 0 Å². The van der Waals surface area contributed by atoms with Crippen LogP contribution < -0.4 is 9.47 Å². The van der Waals surface area contributed by atoms with Crippen LogP contribution >= 0.6 is 0 Å². The second kappa shape index (κ2) is 6.88. The average Bonchev–Trinajstić information content (AvgIpc) is 2.92. The smallest absolute Gasteiger partial charge is 0.227 e. The summed E-state index contributed by atoms with van der Waals surface area (Å²) >= 11 is 0. The van der Waals surface area contributed by atoms with Gasteiger partial charge in [-0.3, -0.25) is 0 Å². The molecule has 0 aliphatic carbocycles. The molecule has 0 unspecified atom stereocenters. The topological polar surface area (TPSA) is 74.5 Å². The van der Waals surface area contributed by atoms with Gasteiger partial charge in [-0.05, 0) is 24.6 Å². The van der Waals surface area contributed by atoms with Gasteiger partial charge in [0.1, 0.15) is 5.78 Å². The van der Waals surface area contributed by atoms with Crippen molar-refractivity contribution in [3.8, 4) is 11.5 Å². The van der Waals surface area contributed by atoms with E-state index >= 15 is 0 Å². The summed E-state index contributed by atoms with van der Waals surface area (Å²) in [5.41, 5.74) is 0.992. The molecule has 0 atom stereocenters. The van der Waals surface area contributed by atoms with Gasteiger partial charge in [-0.25, -0.2) is 0 Å². The zero-order valence-electron chi connectivity index (χ0n) is 12.4. The lowest BCUT2D eigenvalue weighted by atomic mass is 10.1. The number of methoxy groups -OCH3 is 2. The molecule has 0 N–H and O–H groups in total. The maximum Gasteiger partial charge on any atom is 0.227 e. The third kappa shape index (κ3) is 4.05. The van der Waals surface area contributed by atoms with Gasteiger partial charge in [0.25, 0.3) is 0 Å². The average molecular weight is 290 g/mol. The van der Waals surface area contributed by atoms with E-state index in [0.717, 1.165) is 5.56 Å². The van der Waals surface area contributed by atoms with Crippen molar-refractivity contribution < 1.29 is 18.8 Å². The van der Waals surface area contributed by atoms with Crippen molar-refractivity contribution in [3.05, 3.63) is 35.5 Å². The van der Waals surface area contributed by atoms with Crippen LogP contribution in [0.4, 0.5) is 0 Å². The van der Waals surface area contributed by atoms with E-state index in [0.29, 0.717) is 42.5 Å². The lowest BCUT2D eigenvalue weighted by Crippen LogP contribution is -1.96. The van der Waals surface area contributed by atoms with E-state index in [1.165, 1.54) is 0 Å². The van der Waals surface area contributed by atoms with Gasteiger partial charge >= 0.3 is 0 Å². The summed E-state index contributed by atoms with van der Waals surface area (Å²) in [7, 11) is 3.19. The second-order valence-corrected chi connectivity index (χ2v) is 4.67. The van der Waals surface area contributed by atoms with Gasteiger partial charge in [0.15, 0.2) is 17.3 Å². The van der Waals surface area contributed by atoms with Gasteiger partial charge in [-0.15, -0.1) is 0 Å². The molecular weight excluding hydrogens is 272 g/mol. The lowest BCUT2D eigenvalue weighted by Gasteiger charge is -2.08. The molecule has 0 spiro atoms. The van der Waals surface area contributed by atoms with Gasteiger partial charge in [0, 0.05) is 19.3 Å². The number of carbonyl (C=O) groups is 1. The van der Waals surface area contributed by atoms with E-state index in [1.807, 2.05) is 18.2 Å². The Morgan fingerprint density at radius 2 is 2.00 bits per heavy atom. The molecule has 1 heterocycles. The van der Waals surface area contributed by atoms with Gasteiger partial charge in [-0.1, -0.05) is 11.2 Å². The molecule has 6 heteroatoms. The van der Waals surface area contributed by atoms with Crippen molar-refractivity contribution in [1.82, 2.24) is 10.1 Å². The first-order chi connectivity index (χ1) is 10.1. The summed E-state index contributed by atoms with van der Waals surface area (Å²) in [5, 5.41) is 3.92. The van der Waals surface area contributed by atoms with E-state index in [1.54, 1.807) is 21.1 Å². The highest BCUT2D eigenvalue weighted by atomic mass is 16.5. The van der Waals surface area contributed by atoms with Crippen molar-refractivity contribution >= 4 is 5.78 Å². The number of hydrogen-bond donors (Lipinski definition) is 0. The number of ketones is 1. The highest BCUT2D eigenvalue weighted by Crippen LogP contribution is 2.28. The summed E-state index contributed by atoms with van der Waals surface area (Å²) in [5.74, 6) is 2.52. The lowest BCUT2D eigenvalue weighted by molar-refractivity contribution is -0.117. The molecule has 0 aliphatic heterocycles. The quantitative estimate of drug-likeness (QED) is 0.778. The van der Waals surface area contributed by atoms with Gasteiger partial charge in [-0.2, -0.15) is 4.98 Å². The monoisotopic (exact) mass is 290 g/mol. The first-order valence-corrected chi connectivity index (χ1v) is 6.64. The summed E-state index contributed by atoms with van der Waals surface area (Å²) in [6.45, 7) is 1.54. The molecule has 2 aromatic rings. The molecule has 1 aromatic carbocycles. The number of Topliss-reactive ketones (excluding diaryl/α,β-unsaturated/α-hetero) is 1. The Morgan fingerprint density at radius 3 is 2.67 bits per heavy atom. The van der Waals surface area contributed by atoms with E-state index in [4.69, 9.17) is 14.0 Å². The van der Waals surface area contributed by atoms with Crippen LogP contribution in [0, 0.1) is 0 Å². The Morgan fingerprint density at radius 1 is 1.24 bits per heavy atom. The number of aromatic nitrogens is 2. The fourth-order valence-corrected chi connectivity index (χ4v) is 1.92. The molecule has 0 aliphatic rings. The van der Waals surface area contributed by atoms with Crippen LogP contribution in [-0.2, 0) is 17.6 Å². The van der Waals surface area contributed by atoms with Crippen molar-refractivity contribution in [2.45, 2.75) is 26.2 Å². The van der Waals surface area contributed by atoms with Crippen LogP contribution in [-0.4, -0.2) is 30.1 Å². The molecule has 0 bridgehead atoms. The maximum absolute atomic E-state index is 10.9. The second-order valence-electron chi connectivity index (χ2n) is 4.67. The zero-order valence-corrected chi connectivity index (χ0v) is 12.4. The summed E-state index contributed by atoms with van der Waals surface area (Å²) < 4.78 is 15.6. The van der Waals surface area contributed by atoms with Crippen LogP contribution in [0.5, 0.6) is 11.5 Å². The largest absolute Gasteiger partial charge is 0.493 e. The summed E-state index contributed by atoms with van der Waals surface area (Å²) in [6, 6.07) is 5.64.